The number of amides is 2. The Kier molecular flexibility index (Phi) is 5.73. The summed E-state index contributed by atoms with van der Waals surface area (Å²) in [6, 6.07) is 17.3. The molecule has 1 atom stereocenters. The summed E-state index contributed by atoms with van der Waals surface area (Å²) in [5.74, 6) is -0.911. The molecule has 34 heavy (non-hydrogen) atoms. The maximum atomic E-state index is 13.1. The Morgan fingerprint density at radius 3 is 2.24 bits per heavy atom. The van der Waals surface area contributed by atoms with Crippen LogP contribution in [-0.2, 0) is 16.6 Å². The van der Waals surface area contributed by atoms with E-state index in [2.05, 4.69) is 10.2 Å². The molecule has 1 aromatic heterocycles. The minimum atomic E-state index is -0.519. The van der Waals surface area contributed by atoms with E-state index in [1.165, 1.54) is 17.5 Å². The number of carbonyl (C=O) groups is 2. The van der Waals surface area contributed by atoms with E-state index < -0.39 is 5.92 Å². The number of aromatic nitrogens is 2. The highest BCUT2D eigenvalue weighted by Gasteiger charge is 2.36. The molecular formula is C26H29N5O3. The Hall–Kier alpha value is -3.81. The second-order valence-electron chi connectivity index (χ2n) is 9.04. The van der Waals surface area contributed by atoms with E-state index in [9.17, 15) is 14.4 Å². The van der Waals surface area contributed by atoms with Crippen LogP contribution in [0.1, 0.15) is 25.0 Å². The fraction of sp³-hybridized carbons (Fsp3) is 0.346. The Bertz CT molecular complexity index is 1270. The number of rotatable bonds is 5. The SMILES string of the molecule is Cc1c(NC(=O)C2CC(=O)N(c3ccc(N4CCCC4)cc3)C2)c(=O)n(-c2ccccc2)n1C. The third-order valence-electron chi connectivity index (χ3n) is 6.93. The summed E-state index contributed by atoms with van der Waals surface area (Å²) in [6.45, 7) is 4.22. The van der Waals surface area contributed by atoms with Gasteiger partial charge in [0, 0.05) is 44.5 Å². The van der Waals surface area contributed by atoms with Gasteiger partial charge in [-0.15, -0.1) is 0 Å². The van der Waals surface area contributed by atoms with Gasteiger partial charge in [0.15, 0.2) is 0 Å². The van der Waals surface area contributed by atoms with Crippen LogP contribution in [0.5, 0.6) is 0 Å². The lowest BCUT2D eigenvalue weighted by molar-refractivity contribution is -0.122. The molecule has 0 bridgehead atoms. The van der Waals surface area contributed by atoms with Crippen molar-refractivity contribution in [2.45, 2.75) is 26.2 Å². The van der Waals surface area contributed by atoms with Crippen LogP contribution in [0.25, 0.3) is 5.69 Å². The fourth-order valence-electron chi connectivity index (χ4n) is 4.89. The summed E-state index contributed by atoms with van der Waals surface area (Å²) in [7, 11) is 1.78. The summed E-state index contributed by atoms with van der Waals surface area (Å²) in [4.78, 5) is 42.9. The predicted octanol–water partition coefficient (Wildman–Crippen LogP) is 3.08. The van der Waals surface area contributed by atoms with Crippen LogP contribution in [0.3, 0.4) is 0 Å². The normalized spacial score (nSPS) is 18.1. The van der Waals surface area contributed by atoms with E-state index in [1.807, 2.05) is 54.6 Å². The van der Waals surface area contributed by atoms with Gasteiger partial charge in [0.25, 0.3) is 5.56 Å². The summed E-state index contributed by atoms with van der Waals surface area (Å²) in [5.41, 5.74) is 3.29. The Morgan fingerprint density at radius 1 is 0.912 bits per heavy atom. The Morgan fingerprint density at radius 2 is 1.56 bits per heavy atom. The van der Waals surface area contributed by atoms with Gasteiger partial charge in [-0.2, -0.15) is 0 Å². The first-order chi connectivity index (χ1) is 16.4. The number of carbonyl (C=O) groups excluding carboxylic acids is 2. The first-order valence-corrected chi connectivity index (χ1v) is 11.7. The molecule has 0 spiro atoms. The number of benzene rings is 2. The monoisotopic (exact) mass is 459 g/mol. The second kappa shape index (κ2) is 8.85. The molecule has 8 heteroatoms. The average molecular weight is 460 g/mol. The van der Waals surface area contributed by atoms with Crippen molar-refractivity contribution in [1.29, 1.82) is 0 Å². The molecule has 1 N–H and O–H groups in total. The van der Waals surface area contributed by atoms with E-state index >= 15 is 0 Å². The highest BCUT2D eigenvalue weighted by atomic mass is 16.2. The van der Waals surface area contributed by atoms with Crippen molar-refractivity contribution in [2.75, 3.05) is 34.8 Å². The summed E-state index contributed by atoms with van der Waals surface area (Å²) >= 11 is 0. The number of hydrogen-bond donors (Lipinski definition) is 1. The predicted molar refractivity (Wildman–Crippen MR) is 133 cm³/mol. The van der Waals surface area contributed by atoms with Crippen molar-refractivity contribution < 1.29 is 9.59 Å². The van der Waals surface area contributed by atoms with Crippen LogP contribution in [-0.4, -0.2) is 40.8 Å². The zero-order chi connectivity index (χ0) is 23.8. The summed E-state index contributed by atoms with van der Waals surface area (Å²) in [5, 5.41) is 2.81. The maximum Gasteiger partial charge on any atom is 0.295 e. The number of nitrogens with one attached hydrogen (secondary N) is 1. The van der Waals surface area contributed by atoms with Crippen molar-refractivity contribution >= 4 is 28.9 Å². The van der Waals surface area contributed by atoms with Gasteiger partial charge in [0.05, 0.1) is 17.3 Å². The maximum absolute atomic E-state index is 13.1. The van der Waals surface area contributed by atoms with Gasteiger partial charge >= 0.3 is 0 Å². The topological polar surface area (TPSA) is 79.6 Å². The molecule has 2 fully saturated rings. The molecule has 8 nitrogen and oxygen atoms in total. The third-order valence-corrected chi connectivity index (χ3v) is 6.93. The lowest BCUT2D eigenvalue weighted by Crippen LogP contribution is -2.30. The Labute approximate surface area is 198 Å². The van der Waals surface area contributed by atoms with Gasteiger partial charge in [0.2, 0.25) is 11.8 Å². The van der Waals surface area contributed by atoms with E-state index in [4.69, 9.17) is 0 Å². The summed E-state index contributed by atoms with van der Waals surface area (Å²) < 4.78 is 3.25. The standard InChI is InChI=1S/C26H29N5O3/c1-18-24(26(34)31(28(18)2)22-8-4-3-5-9-22)27-25(33)19-16-23(32)30(17-19)21-12-10-20(11-13-21)29-14-6-7-15-29/h3-5,8-13,19H,6-7,14-17H2,1-2H3,(H,27,33). The van der Waals surface area contributed by atoms with E-state index in [-0.39, 0.29) is 29.5 Å². The molecule has 2 aliphatic heterocycles. The van der Waals surface area contributed by atoms with Crippen LogP contribution in [0.2, 0.25) is 0 Å². The fourth-order valence-corrected chi connectivity index (χ4v) is 4.89. The van der Waals surface area contributed by atoms with Gasteiger partial charge < -0.3 is 15.1 Å². The molecule has 5 rings (SSSR count). The molecule has 2 aliphatic rings. The molecule has 2 saturated heterocycles. The van der Waals surface area contributed by atoms with Crippen molar-refractivity contribution in [3.8, 4) is 5.69 Å². The van der Waals surface area contributed by atoms with Crippen molar-refractivity contribution in [3.63, 3.8) is 0 Å². The summed E-state index contributed by atoms with van der Waals surface area (Å²) in [6.07, 6.45) is 2.54. The van der Waals surface area contributed by atoms with Gasteiger partial charge in [-0.3, -0.25) is 19.1 Å². The quantitative estimate of drug-likeness (QED) is 0.636. The van der Waals surface area contributed by atoms with Gasteiger partial charge in [-0.1, -0.05) is 18.2 Å². The highest BCUT2D eigenvalue weighted by molar-refractivity contribution is 6.03. The highest BCUT2D eigenvalue weighted by Crippen LogP contribution is 2.29. The molecule has 0 saturated carbocycles. The molecule has 3 heterocycles. The van der Waals surface area contributed by atoms with Gasteiger partial charge in [-0.05, 0) is 56.2 Å². The molecule has 0 radical (unpaired) electrons. The number of para-hydroxylation sites is 1. The minimum absolute atomic E-state index is 0.0828. The van der Waals surface area contributed by atoms with Crippen molar-refractivity contribution in [1.82, 2.24) is 9.36 Å². The number of hydrogen-bond acceptors (Lipinski definition) is 4. The third kappa shape index (κ3) is 3.89. The number of nitrogens with zero attached hydrogens (tertiary/aromatic N) is 4. The Balaban J connectivity index is 1.31. The van der Waals surface area contributed by atoms with Gasteiger partial charge in [-0.25, -0.2) is 4.68 Å². The molecule has 2 amide bonds. The number of anilines is 3. The zero-order valence-corrected chi connectivity index (χ0v) is 19.5. The minimum Gasteiger partial charge on any atom is -0.372 e. The van der Waals surface area contributed by atoms with Crippen molar-refractivity contribution in [2.24, 2.45) is 13.0 Å². The molecule has 3 aromatic rings. The van der Waals surface area contributed by atoms with Crippen molar-refractivity contribution in [3.05, 3.63) is 70.6 Å². The molecule has 0 aliphatic carbocycles. The molecule has 176 valence electrons. The second-order valence-corrected chi connectivity index (χ2v) is 9.04. The van der Waals surface area contributed by atoms with E-state index in [0.717, 1.165) is 30.2 Å². The first-order valence-electron chi connectivity index (χ1n) is 11.7. The largest absolute Gasteiger partial charge is 0.372 e. The molecule has 2 aromatic carbocycles. The van der Waals surface area contributed by atoms with E-state index in [0.29, 0.717) is 12.2 Å². The van der Waals surface area contributed by atoms with Crippen LogP contribution in [0, 0.1) is 12.8 Å². The zero-order valence-electron chi connectivity index (χ0n) is 19.5. The van der Waals surface area contributed by atoms with Crippen LogP contribution in [0.15, 0.2) is 59.4 Å². The van der Waals surface area contributed by atoms with Crippen LogP contribution in [0.4, 0.5) is 17.1 Å². The first kappa shape index (κ1) is 22.0. The average Bonchev–Trinajstić information content (AvgIpc) is 3.57. The van der Waals surface area contributed by atoms with E-state index in [1.54, 1.807) is 23.6 Å². The molecular weight excluding hydrogens is 430 g/mol. The van der Waals surface area contributed by atoms with Crippen LogP contribution < -0.4 is 20.7 Å². The lowest BCUT2D eigenvalue weighted by Gasteiger charge is -2.20. The van der Waals surface area contributed by atoms with Gasteiger partial charge in [0.1, 0.15) is 5.69 Å². The molecule has 1 unspecified atom stereocenters. The smallest absolute Gasteiger partial charge is 0.295 e. The lowest BCUT2D eigenvalue weighted by atomic mass is 10.1. The van der Waals surface area contributed by atoms with Crippen LogP contribution >= 0.6 is 0 Å².